The fraction of sp³-hybridized carbons (Fsp3) is 0.667. The van der Waals surface area contributed by atoms with Gasteiger partial charge >= 0.3 is 0 Å². The van der Waals surface area contributed by atoms with E-state index in [1.807, 2.05) is 11.1 Å². The van der Waals surface area contributed by atoms with Gasteiger partial charge in [0.25, 0.3) is 0 Å². The minimum absolute atomic E-state index is 0.0370. The van der Waals surface area contributed by atoms with Crippen molar-refractivity contribution in [1.29, 1.82) is 0 Å². The zero-order valence-corrected chi connectivity index (χ0v) is 16.7. The summed E-state index contributed by atoms with van der Waals surface area (Å²) in [5.41, 5.74) is 2.26. The molecule has 0 bridgehead atoms. The molecular formula is C21H31N5O2. The third-order valence-electron chi connectivity index (χ3n) is 6.21. The summed E-state index contributed by atoms with van der Waals surface area (Å²) in [6.45, 7) is 9.74. The maximum absolute atomic E-state index is 12.3. The SMILES string of the molecule is C=CCOCC(=O)N1CCc2cnc(N3CCN(C4CCC4)CC3)nc2CC1. The van der Waals surface area contributed by atoms with Gasteiger partial charge in [0.1, 0.15) is 6.61 Å². The zero-order valence-electron chi connectivity index (χ0n) is 16.7. The van der Waals surface area contributed by atoms with Gasteiger partial charge in [0, 0.05) is 57.9 Å². The molecule has 0 unspecified atom stereocenters. The highest BCUT2D eigenvalue weighted by Crippen LogP contribution is 2.26. The number of anilines is 1. The minimum Gasteiger partial charge on any atom is -0.368 e. The fourth-order valence-electron chi connectivity index (χ4n) is 4.23. The first-order valence-electron chi connectivity index (χ1n) is 10.5. The summed E-state index contributed by atoms with van der Waals surface area (Å²) in [7, 11) is 0. The lowest BCUT2D eigenvalue weighted by molar-refractivity contribution is -0.135. The molecular weight excluding hydrogens is 354 g/mol. The van der Waals surface area contributed by atoms with E-state index in [0.717, 1.165) is 56.7 Å². The minimum atomic E-state index is 0.0370. The standard InChI is InChI=1S/C21H31N5O2/c1-2-14-28-16-20(27)25-8-6-17-15-22-21(23-19(17)7-9-25)26-12-10-24(11-13-26)18-4-3-5-18/h2,15,18H,1,3-14,16H2. The summed E-state index contributed by atoms with van der Waals surface area (Å²) in [5, 5.41) is 0. The number of carbonyl (C=O) groups is 1. The van der Waals surface area contributed by atoms with Crippen molar-refractivity contribution in [3.05, 3.63) is 30.1 Å². The van der Waals surface area contributed by atoms with Gasteiger partial charge in [-0.1, -0.05) is 12.5 Å². The van der Waals surface area contributed by atoms with Gasteiger partial charge in [0.05, 0.1) is 12.3 Å². The van der Waals surface area contributed by atoms with E-state index >= 15 is 0 Å². The Bertz CT molecular complexity index is 698. The second-order valence-electron chi connectivity index (χ2n) is 7.93. The second-order valence-corrected chi connectivity index (χ2v) is 7.93. The van der Waals surface area contributed by atoms with E-state index in [2.05, 4.69) is 21.4 Å². The van der Waals surface area contributed by atoms with Crippen LogP contribution < -0.4 is 4.90 Å². The Hall–Kier alpha value is -1.99. The first-order chi connectivity index (χ1) is 13.7. The Kier molecular flexibility index (Phi) is 6.22. The predicted octanol–water partition coefficient (Wildman–Crippen LogP) is 1.28. The normalized spacial score (nSPS) is 21.0. The van der Waals surface area contributed by atoms with Crippen LogP contribution in [0.1, 0.15) is 30.5 Å². The molecule has 3 aliphatic rings. The van der Waals surface area contributed by atoms with Gasteiger partial charge in [-0.25, -0.2) is 9.97 Å². The molecule has 1 amide bonds. The van der Waals surface area contributed by atoms with Crippen LogP contribution in [0.3, 0.4) is 0 Å². The average Bonchev–Trinajstić information content (AvgIpc) is 2.89. The van der Waals surface area contributed by atoms with Crippen molar-refractivity contribution < 1.29 is 9.53 Å². The van der Waals surface area contributed by atoms with Crippen molar-refractivity contribution in [2.24, 2.45) is 0 Å². The predicted molar refractivity (Wildman–Crippen MR) is 108 cm³/mol. The Morgan fingerprint density at radius 2 is 1.96 bits per heavy atom. The van der Waals surface area contributed by atoms with Gasteiger partial charge in [0.15, 0.2) is 0 Å². The average molecular weight is 386 g/mol. The molecule has 1 aliphatic carbocycles. The molecule has 0 aromatic carbocycles. The Morgan fingerprint density at radius 1 is 1.18 bits per heavy atom. The molecule has 4 rings (SSSR count). The van der Waals surface area contributed by atoms with Crippen LogP contribution in [0.5, 0.6) is 0 Å². The number of fused-ring (bicyclic) bond motifs is 1. The first kappa shape index (κ1) is 19.3. The monoisotopic (exact) mass is 385 g/mol. The molecule has 0 atom stereocenters. The van der Waals surface area contributed by atoms with Crippen LogP contribution in [0.4, 0.5) is 5.95 Å². The maximum atomic E-state index is 12.3. The van der Waals surface area contributed by atoms with Gasteiger partial charge in [-0.2, -0.15) is 0 Å². The van der Waals surface area contributed by atoms with Crippen molar-refractivity contribution in [3.63, 3.8) is 0 Å². The number of rotatable bonds is 6. The molecule has 0 N–H and O–H groups in total. The van der Waals surface area contributed by atoms with Crippen LogP contribution in [0.15, 0.2) is 18.9 Å². The third kappa shape index (κ3) is 4.36. The van der Waals surface area contributed by atoms with Crippen molar-refractivity contribution in [2.75, 3.05) is 57.4 Å². The van der Waals surface area contributed by atoms with Crippen LogP contribution in [0, 0.1) is 0 Å². The van der Waals surface area contributed by atoms with E-state index in [1.165, 1.54) is 24.8 Å². The first-order valence-corrected chi connectivity index (χ1v) is 10.5. The quantitative estimate of drug-likeness (QED) is 0.543. The molecule has 2 aliphatic heterocycles. The molecule has 3 heterocycles. The molecule has 28 heavy (non-hydrogen) atoms. The summed E-state index contributed by atoms with van der Waals surface area (Å²) < 4.78 is 5.30. The molecule has 7 nitrogen and oxygen atoms in total. The van der Waals surface area contributed by atoms with E-state index < -0.39 is 0 Å². The van der Waals surface area contributed by atoms with E-state index in [-0.39, 0.29) is 12.5 Å². The van der Waals surface area contributed by atoms with E-state index in [1.54, 1.807) is 6.08 Å². The summed E-state index contributed by atoms with van der Waals surface area (Å²) in [5.74, 6) is 0.885. The molecule has 1 aromatic rings. The number of nitrogens with zero attached hydrogens (tertiary/aromatic N) is 5. The molecule has 7 heteroatoms. The zero-order chi connectivity index (χ0) is 19.3. The summed E-state index contributed by atoms with van der Waals surface area (Å²) in [6, 6.07) is 0.814. The third-order valence-corrected chi connectivity index (χ3v) is 6.21. The maximum Gasteiger partial charge on any atom is 0.248 e. The molecule has 1 aromatic heterocycles. The van der Waals surface area contributed by atoms with E-state index in [0.29, 0.717) is 19.7 Å². The van der Waals surface area contributed by atoms with Crippen molar-refractivity contribution in [3.8, 4) is 0 Å². The number of carbonyl (C=O) groups excluding carboxylic acids is 1. The van der Waals surface area contributed by atoms with Crippen LogP contribution in [0.25, 0.3) is 0 Å². The second kappa shape index (κ2) is 9.01. The number of piperazine rings is 1. The van der Waals surface area contributed by atoms with Crippen LogP contribution in [-0.4, -0.2) is 84.2 Å². The fourth-order valence-corrected chi connectivity index (χ4v) is 4.23. The Labute approximate surface area is 167 Å². The number of aromatic nitrogens is 2. The molecule has 2 fully saturated rings. The highest BCUT2D eigenvalue weighted by molar-refractivity contribution is 5.77. The van der Waals surface area contributed by atoms with Crippen LogP contribution in [-0.2, 0) is 22.4 Å². The van der Waals surface area contributed by atoms with Crippen LogP contribution >= 0.6 is 0 Å². The topological polar surface area (TPSA) is 61.8 Å². The van der Waals surface area contributed by atoms with Crippen LogP contribution in [0.2, 0.25) is 0 Å². The lowest BCUT2D eigenvalue weighted by Crippen LogP contribution is -2.52. The van der Waals surface area contributed by atoms with Crippen molar-refractivity contribution in [2.45, 2.75) is 38.1 Å². The smallest absolute Gasteiger partial charge is 0.248 e. The molecule has 1 saturated heterocycles. The molecule has 1 saturated carbocycles. The number of hydrogen-bond acceptors (Lipinski definition) is 6. The highest BCUT2D eigenvalue weighted by atomic mass is 16.5. The van der Waals surface area contributed by atoms with Gasteiger partial charge < -0.3 is 14.5 Å². The molecule has 0 radical (unpaired) electrons. The van der Waals surface area contributed by atoms with Gasteiger partial charge in [0.2, 0.25) is 11.9 Å². The highest BCUT2D eigenvalue weighted by Gasteiger charge is 2.29. The van der Waals surface area contributed by atoms with Gasteiger partial charge in [-0.3, -0.25) is 9.69 Å². The van der Waals surface area contributed by atoms with Crippen molar-refractivity contribution >= 4 is 11.9 Å². The summed E-state index contributed by atoms with van der Waals surface area (Å²) >= 11 is 0. The lowest BCUT2D eigenvalue weighted by atomic mass is 9.91. The molecule has 152 valence electrons. The van der Waals surface area contributed by atoms with Crippen molar-refractivity contribution in [1.82, 2.24) is 19.8 Å². The summed E-state index contributed by atoms with van der Waals surface area (Å²) in [4.78, 5) is 28.7. The largest absolute Gasteiger partial charge is 0.368 e. The molecule has 0 spiro atoms. The van der Waals surface area contributed by atoms with E-state index in [9.17, 15) is 4.79 Å². The lowest BCUT2D eigenvalue weighted by Gasteiger charge is -2.43. The van der Waals surface area contributed by atoms with Gasteiger partial charge in [-0.05, 0) is 24.8 Å². The Morgan fingerprint density at radius 3 is 2.68 bits per heavy atom. The number of hydrogen-bond donors (Lipinski definition) is 0. The summed E-state index contributed by atoms with van der Waals surface area (Å²) in [6.07, 6.45) is 9.33. The number of ether oxygens (including phenoxy) is 1. The van der Waals surface area contributed by atoms with Gasteiger partial charge in [-0.15, -0.1) is 6.58 Å². The number of amides is 1. The Balaban J connectivity index is 1.33. The van der Waals surface area contributed by atoms with E-state index in [4.69, 9.17) is 9.72 Å².